The van der Waals surface area contributed by atoms with Crippen LogP contribution in [-0.4, -0.2) is 68.6 Å². The van der Waals surface area contributed by atoms with Crippen LogP contribution in [-0.2, 0) is 22.3 Å². The zero-order chi connectivity index (χ0) is 22.3. The van der Waals surface area contributed by atoms with E-state index < -0.39 is 10.0 Å². The van der Waals surface area contributed by atoms with Crippen LogP contribution in [0.5, 0.6) is 0 Å². The van der Waals surface area contributed by atoms with Crippen molar-refractivity contribution in [2.45, 2.75) is 26.1 Å². The lowest BCUT2D eigenvalue weighted by Crippen LogP contribution is -2.47. The minimum atomic E-state index is -3.41. The van der Waals surface area contributed by atoms with Gasteiger partial charge in [0.25, 0.3) is 0 Å². The molecule has 1 aliphatic rings. The molecule has 0 amide bonds. The maximum atomic E-state index is 13.1. The van der Waals surface area contributed by atoms with Crippen LogP contribution in [0, 0.1) is 5.92 Å². The SMILES string of the molecule is CC(C)CN(Cc1ccc(N2CCN(CCO)CC2)cc1)S(=O)(=O)Cc1ccccc1. The molecule has 170 valence electrons. The highest BCUT2D eigenvalue weighted by molar-refractivity contribution is 7.88. The molecule has 1 saturated heterocycles. The largest absolute Gasteiger partial charge is 0.395 e. The fraction of sp³-hybridized carbons (Fsp3) is 0.500. The van der Waals surface area contributed by atoms with Gasteiger partial charge >= 0.3 is 0 Å². The molecule has 0 radical (unpaired) electrons. The lowest BCUT2D eigenvalue weighted by atomic mass is 10.1. The van der Waals surface area contributed by atoms with E-state index in [0.717, 1.165) is 49.5 Å². The van der Waals surface area contributed by atoms with Gasteiger partial charge in [0.1, 0.15) is 0 Å². The number of piperazine rings is 1. The standard InChI is InChI=1S/C24H35N3O3S/c1-21(2)18-27(31(29,30)20-23-6-4-3-5-7-23)19-22-8-10-24(11-9-22)26-14-12-25(13-15-26)16-17-28/h3-11,21,28H,12-20H2,1-2H3. The first-order valence-electron chi connectivity index (χ1n) is 11.1. The molecule has 0 saturated carbocycles. The van der Waals surface area contributed by atoms with Crippen molar-refractivity contribution in [1.29, 1.82) is 0 Å². The van der Waals surface area contributed by atoms with Crippen molar-refractivity contribution >= 4 is 15.7 Å². The monoisotopic (exact) mass is 445 g/mol. The Balaban J connectivity index is 1.66. The maximum Gasteiger partial charge on any atom is 0.218 e. The third-order valence-electron chi connectivity index (χ3n) is 5.60. The average molecular weight is 446 g/mol. The summed E-state index contributed by atoms with van der Waals surface area (Å²) in [5.41, 5.74) is 2.97. The number of hydrogen-bond acceptors (Lipinski definition) is 5. The molecule has 2 aromatic rings. The topological polar surface area (TPSA) is 64.1 Å². The number of β-amino-alcohol motifs (C(OH)–C–C–N with tert-alkyl or cyclic N) is 1. The molecular weight excluding hydrogens is 410 g/mol. The lowest BCUT2D eigenvalue weighted by molar-refractivity contribution is 0.189. The minimum Gasteiger partial charge on any atom is -0.395 e. The van der Waals surface area contributed by atoms with Crippen molar-refractivity contribution in [3.8, 4) is 0 Å². The summed E-state index contributed by atoms with van der Waals surface area (Å²) in [6, 6.07) is 17.6. The number of aliphatic hydroxyl groups is 1. The van der Waals surface area contributed by atoms with Crippen molar-refractivity contribution < 1.29 is 13.5 Å². The van der Waals surface area contributed by atoms with E-state index in [0.29, 0.717) is 13.1 Å². The molecule has 0 bridgehead atoms. The molecule has 1 heterocycles. The van der Waals surface area contributed by atoms with Gasteiger partial charge in [-0.2, -0.15) is 4.31 Å². The van der Waals surface area contributed by atoms with E-state index in [4.69, 9.17) is 5.11 Å². The Kier molecular flexibility index (Phi) is 8.49. The second kappa shape index (κ2) is 11.1. The van der Waals surface area contributed by atoms with Gasteiger partial charge in [0.15, 0.2) is 0 Å². The normalized spacial score (nSPS) is 15.7. The summed E-state index contributed by atoms with van der Waals surface area (Å²) < 4.78 is 27.9. The van der Waals surface area contributed by atoms with Crippen molar-refractivity contribution in [2.24, 2.45) is 5.92 Å². The molecular formula is C24H35N3O3S. The average Bonchev–Trinajstić information content (AvgIpc) is 2.75. The Morgan fingerprint density at radius 3 is 2.16 bits per heavy atom. The molecule has 1 N–H and O–H groups in total. The molecule has 0 aliphatic carbocycles. The van der Waals surface area contributed by atoms with Gasteiger partial charge in [-0.25, -0.2) is 8.42 Å². The molecule has 3 rings (SSSR count). The van der Waals surface area contributed by atoms with Gasteiger partial charge in [-0.1, -0.05) is 56.3 Å². The maximum absolute atomic E-state index is 13.1. The summed E-state index contributed by atoms with van der Waals surface area (Å²) in [5.74, 6) is 0.275. The third kappa shape index (κ3) is 7.04. The summed E-state index contributed by atoms with van der Waals surface area (Å²) in [6.07, 6.45) is 0. The minimum absolute atomic E-state index is 0.0246. The smallest absolute Gasteiger partial charge is 0.218 e. The number of aliphatic hydroxyl groups excluding tert-OH is 1. The summed E-state index contributed by atoms with van der Waals surface area (Å²) in [4.78, 5) is 4.61. The van der Waals surface area contributed by atoms with E-state index in [1.54, 1.807) is 4.31 Å². The van der Waals surface area contributed by atoms with Gasteiger partial charge in [-0.3, -0.25) is 4.90 Å². The van der Waals surface area contributed by atoms with Gasteiger partial charge in [-0.05, 0) is 29.2 Å². The molecule has 31 heavy (non-hydrogen) atoms. The van der Waals surface area contributed by atoms with Gasteiger partial charge in [-0.15, -0.1) is 0 Å². The highest BCUT2D eigenvalue weighted by Crippen LogP contribution is 2.21. The van der Waals surface area contributed by atoms with Crippen LogP contribution in [0.2, 0.25) is 0 Å². The van der Waals surface area contributed by atoms with Gasteiger partial charge in [0.05, 0.1) is 12.4 Å². The van der Waals surface area contributed by atoms with E-state index in [1.165, 1.54) is 0 Å². The molecule has 1 fully saturated rings. The quantitative estimate of drug-likeness (QED) is 0.609. The van der Waals surface area contributed by atoms with E-state index in [9.17, 15) is 8.42 Å². The van der Waals surface area contributed by atoms with E-state index in [-0.39, 0.29) is 18.3 Å². The number of rotatable bonds is 10. The first-order valence-corrected chi connectivity index (χ1v) is 12.7. The van der Waals surface area contributed by atoms with E-state index >= 15 is 0 Å². The van der Waals surface area contributed by atoms with Crippen LogP contribution in [0.15, 0.2) is 54.6 Å². The zero-order valence-corrected chi connectivity index (χ0v) is 19.5. The molecule has 0 unspecified atom stereocenters. The molecule has 6 nitrogen and oxygen atoms in total. The third-order valence-corrected chi connectivity index (χ3v) is 7.37. The number of anilines is 1. The molecule has 0 aromatic heterocycles. The summed E-state index contributed by atoms with van der Waals surface area (Å²) >= 11 is 0. The highest BCUT2D eigenvalue weighted by atomic mass is 32.2. The Hall–Kier alpha value is -1.93. The Morgan fingerprint density at radius 1 is 0.935 bits per heavy atom. The van der Waals surface area contributed by atoms with E-state index in [2.05, 4.69) is 21.9 Å². The van der Waals surface area contributed by atoms with Crippen LogP contribution in [0.1, 0.15) is 25.0 Å². The highest BCUT2D eigenvalue weighted by Gasteiger charge is 2.24. The number of hydrogen-bond donors (Lipinski definition) is 1. The number of nitrogens with zero attached hydrogens (tertiary/aromatic N) is 3. The van der Waals surface area contributed by atoms with Crippen molar-refractivity contribution in [1.82, 2.24) is 9.21 Å². The van der Waals surface area contributed by atoms with Crippen LogP contribution in [0.4, 0.5) is 5.69 Å². The molecule has 1 aliphatic heterocycles. The van der Waals surface area contributed by atoms with E-state index in [1.807, 2.05) is 56.3 Å². The summed E-state index contributed by atoms with van der Waals surface area (Å²) in [7, 11) is -3.41. The molecule has 2 aromatic carbocycles. The molecule has 0 spiro atoms. The Bertz CT molecular complexity index is 893. The van der Waals surface area contributed by atoms with Crippen LogP contribution in [0.3, 0.4) is 0 Å². The number of benzene rings is 2. The Labute approximate surface area is 187 Å². The first-order chi connectivity index (χ1) is 14.9. The zero-order valence-electron chi connectivity index (χ0n) is 18.7. The van der Waals surface area contributed by atoms with Crippen LogP contribution in [0.25, 0.3) is 0 Å². The van der Waals surface area contributed by atoms with Crippen LogP contribution >= 0.6 is 0 Å². The second-order valence-electron chi connectivity index (χ2n) is 8.65. The molecule has 0 atom stereocenters. The van der Waals surface area contributed by atoms with Crippen LogP contribution < -0.4 is 4.90 Å². The van der Waals surface area contributed by atoms with Gasteiger partial charge in [0, 0.05) is 51.5 Å². The summed E-state index contributed by atoms with van der Waals surface area (Å²) in [5, 5.41) is 9.10. The molecule has 7 heteroatoms. The van der Waals surface area contributed by atoms with Crippen molar-refractivity contribution in [3.63, 3.8) is 0 Å². The Morgan fingerprint density at radius 2 is 1.58 bits per heavy atom. The lowest BCUT2D eigenvalue weighted by Gasteiger charge is -2.35. The first kappa shape index (κ1) is 23.7. The number of sulfonamides is 1. The van der Waals surface area contributed by atoms with Gasteiger partial charge < -0.3 is 10.0 Å². The second-order valence-corrected chi connectivity index (χ2v) is 10.6. The summed E-state index contributed by atoms with van der Waals surface area (Å²) in [6.45, 7) is 9.68. The van der Waals surface area contributed by atoms with Crippen molar-refractivity contribution in [3.05, 3.63) is 65.7 Å². The van der Waals surface area contributed by atoms with Gasteiger partial charge in [0.2, 0.25) is 10.0 Å². The predicted molar refractivity (Wildman–Crippen MR) is 126 cm³/mol. The predicted octanol–water partition coefficient (Wildman–Crippen LogP) is 2.79. The van der Waals surface area contributed by atoms with Crippen molar-refractivity contribution in [2.75, 3.05) is 50.8 Å². The fourth-order valence-electron chi connectivity index (χ4n) is 3.95. The fourth-order valence-corrected chi connectivity index (χ4v) is 5.61.